The number of nitrogens with one attached hydrogen (secondary N) is 1. The standard InChI is InChI=1S/C20H19ClFN3O2S/c1-12-9-18(20(21)24-10-12)28(26,27)25-11-15-13(7-8-17(15)23-2)19(25)14-5-3-4-6-16(14)22/h3-6,9-11,17,23H,7-8H2,1-2H3. The van der Waals surface area contributed by atoms with Gasteiger partial charge in [-0.05, 0) is 61.7 Å². The maximum absolute atomic E-state index is 14.7. The lowest BCUT2D eigenvalue weighted by Crippen LogP contribution is -2.17. The lowest BCUT2D eigenvalue weighted by Gasteiger charge is -2.14. The molecule has 0 radical (unpaired) electrons. The monoisotopic (exact) mass is 419 g/mol. The van der Waals surface area contributed by atoms with Crippen LogP contribution in [-0.2, 0) is 16.4 Å². The number of hydrogen-bond donors (Lipinski definition) is 1. The Balaban J connectivity index is 2.03. The zero-order valence-electron chi connectivity index (χ0n) is 15.4. The fraction of sp³-hybridized carbons (Fsp3) is 0.250. The van der Waals surface area contributed by atoms with Crippen LogP contribution >= 0.6 is 11.6 Å². The van der Waals surface area contributed by atoms with Crippen LogP contribution in [0.25, 0.3) is 11.3 Å². The number of halogens is 2. The first-order valence-corrected chi connectivity index (χ1v) is 10.7. The molecular weight excluding hydrogens is 401 g/mol. The van der Waals surface area contributed by atoms with E-state index in [2.05, 4.69) is 10.3 Å². The van der Waals surface area contributed by atoms with Crippen molar-refractivity contribution in [1.29, 1.82) is 0 Å². The number of pyridine rings is 1. The largest absolute Gasteiger partial charge is 0.313 e. The van der Waals surface area contributed by atoms with E-state index in [0.717, 1.165) is 21.5 Å². The second-order valence-electron chi connectivity index (χ2n) is 6.87. The van der Waals surface area contributed by atoms with Crippen molar-refractivity contribution in [2.75, 3.05) is 7.05 Å². The van der Waals surface area contributed by atoms with Gasteiger partial charge in [0.25, 0.3) is 10.0 Å². The van der Waals surface area contributed by atoms with Crippen LogP contribution in [0, 0.1) is 12.7 Å². The Morgan fingerprint density at radius 2 is 2.07 bits per heavy atom. The number of aromatic nitrogens is 2. The lowest BCUT2D eigenvalue weighted by molar-refractivity contribution is 0.578. The minimum absolute atomic E-state index is 0.0167. The Bertz CT molecular complexity index is 1170. The molecule has 1 aliphatic carbocycles. The third kappa shape index (κ3) is 2.94. The highest BCUT2D eigenvalue weighted by Crippen LogP contribution is 2.42. The van der Waals surface area contributed by atoms with Gasteiger partial charge in [0.05, 0.1) is 5.69 Å². The minimum atomic E-state index is -4.07. The zero-order valence-corrected chi connectivity index (χ0v) is 17.0. The van der Waals surface area contributed by atoms with Crippen molar-refractivity contribution in [3.63, 3.8) is 0 Å². The summed E-state index contributed by atoms with van der Waals surface area (Å²) in [5.74, 6) is -0.471. The molecule has 1 aliphatic rings. The van der Waals surface area contributed by atoms with Crippen molar-refractivity contribution >= 4 is 21.6 Å². The highest BCUT2D eigenvalue weighted by molar-refractivity contribution is 7.90. The van der Waals surface area contributed by atoms with Crippen molar-refractivity contribution in [2.24, 2.45) is 0 Å². The second-order valence-corrected chi connectivity index (χ2v) is 9.02. The molecular formula is C20H19ClFN3O2S. The van der Waals surface area contributed by atoms with Gasteiger partial charge in [-0.2, -0.15) is 0 Å². The molecule has 4 rings (SSSR count). The summed E-state index contributed by atoms with van der Waals surface area (Å²) in [6.07, 6.45) is 4.58. The van der Waals surface area contributed by atoms with Gasteiger partial charge in [-0.3, -0.25) is 0 Å². The number of fused-ring (bicyclic) bond motifs is 1. The van der Waals surface area contributed by atoms with Crippen LogP contribution in [-0.4, -0.2) is 24.4 Å². The van der Waals surface area contributed by atoms with E-state index in [1.54, 1.807) is 31.3 Å². The smallest absolute Gasteiger partial charge is 0.271 e. The topological polar surface area (TPSA) is 64.0 Å². The summed E-state index contributed by atoms with van der Waals surface area (Å²) in [6, 6.07) is 7.70. The third-order valence-corrected chi connectivity index (χ3v) is 7.21. The second kappa shape index (κ2) is 6.99. The minimum Gasteiger partial charge on any atom is -0.313 e. The predicted octanol–water partition coefficient (Wildman–Crippen LogP) is 4.09. The van der Waals surface area contributed by atoms with Gasteiger partial charge in [0.2, 0.25) is 0 Å². The molecule has 146 valence electrons. The molecule has 1 N–H and O–H groups in total. The molecule has 0 bridgehead atoms. The van der Waals surface area contributed by atoms with Crippen LogP contribution in [0.2, 0.25) is 5.15 Å². The quantitative estimate of drug-likeness (QED) is 0.647. The van der Waals surface area contributed by atoms with Gasteiger partial charge in [-0.15, -0.1) is 0 Å². The summed E-state index contributed by atoms with van der Waals surface area (Å²) in [5, 5.41) is 3.09. The van der Waals surface area contributed by atoms with Crippen molar-refractivity contribution in [2.45, 2.75) is 30.7 Å². The molecule has 1 aromatic carbocycles. The van der Waals surface area contributed by atoms with Crippen molar-refractivity contribution in [3.05, 3.63) is 70.4 Å². The molecule has 3 aromatic rings. The van der Waals surface area contributed by atoms with Gasteiger partial charge in [-0.1, -0.05) is 23.7 Å². The van der Waals surface area contributed by atoms with E-state index < -0.39 is 15.8 Å². The molecule has 2 aromatic heterocycles. The molecule has 8 heteroatoms. The first kappa shape index (κ1) is 19.1. The Morgan fingerprint density at radius 1 is 1.32 bits per heavy atom. The number of hydrogen-bond acceptors (Lipinski definition) is 4. The maximum atomic E-state index is 14.7. The molecule has 0 spiro atoms. The highest BCUT2D eigenvalue weighted by atomic mass is 35.5. The van der Waals surface area contributed by atoms with Crippen molar-refractivity contribution in [3.8, 4) is 11.3 Å². The van der Waals surface area contributed by atoms with Gasteiger partial charge < -0.3 is 5.32 Å². The Morgan fingerprint density at radius 3 is 2.79 bits per heavy atom. The molecule has 5 nitrogen and oxygen atoms in total. The van der Waals surface area contributed by atoms with Gasteiger partial charge in [0.1, 0.15) is 15.9 Å². The average Bonchev–Trinajstić information content (AvgIpc) is 3.23. The summed E-state index contributed by atoms with van der Waals surface area (Å²) < 4.78 is 42.8. The summed E-state index contributed by atoms with van der Waals surface area (Å²) in [7, 11) is -2.24. The maximum Gasteiger partial charge on any atom is 0.271 e. The fourth-order valence-electron chi connectivity index (χ4n) is 3.78. The number of rotatable bonds is 4. The summed E-state index contributed by atoms with van der Waals surface area (Å²) >= 11 is 6.12. The zero-order chi connectivity index (χ0) is 20.1. The summed E-state index contributed by atoms with van der Waals surface area (Å²) in [5.41, 5.74) is 2.97. The van der Waals surface area contributed by atoms with Crippen LogP contribution < -0.4 is 5.32 Å². The number of benzene rings is 1. The molecule has 28 heavy (non-hydrogen) atoms. The molecule has 0 aliphatic heterocycles. The molecule has 1 atom stereocenters. The Labute approximate surface area is 168 Å². The van der Waals surface area contributed by atoms with E-state index in [4.69, 9.17) is 11.6 Å². The molecule has 2 heterocycles. The van der Waals surface area contributed by atoms with E-state index >= 15 is 0 Å². The Kier molecular flexibility index (Phi) is 4.77. The predicted molar refractivity (Wildman–Crippen MR) is 107 cm³/mol. The third-order valence-electron chi connectivity index (χ3n) is 5.13. The van der Waals surface area contributed by atoms with Gasteiger partial charge in [-0.25, -0.2) is 21.8 Å². The number of aryl methyl sites for hydroxylation is 1. The van der Waals surface area contributed by atoms with E-state index in [0.29, 0.717) is 17.7 Å². The molecule has 0 fully saturated rings. The van der Waals surface area contributed by atoms with Gasteiger partial charge in [0, 0.05) is 24.0 Å². The van der Waals surface area contributed by atoms with Crippen molar-refractivity contribution < 1.29 is 12.8 Å². The first-order valence-electron chi connectivity index (χ1n) is 8.88. The van der Waals surface area contributed by atoms with Crippen LogP contribution in [0.15, 0.2) is 47.6 Å². The SMILES string of the molecule is CNC1CCc2c1cn(S(=O)(=O)c1cc(C)cnc1Cl)c2-c1ccccc1F. The molecule has 0 amide bonds. The lowest BCUT2D eigenvalue weighted by atomic mass is 10.1. The van der Waals surface area contributed by atoms with Gasteiger partial charge in [0.15, 0.2) is 0 Å². The Hall–Kier alpha value is -2.22. The van der Waals surface area contributed by atoms with Crippen LogP contribution in [0.1, 0.15) is 29.2 Å². The fourth-order valence-corrected chi connectivity index (χ4v) is 5.69. The van der Waals surface area contributed by atoms with Gasteiger partial charge >= 0.3 is 0 Å². The molecule has 1 unspecified atom stereocenters. The van der Waals surface area contributed by atoms with Crippen LogP contribution in [0.3, 0.4) is 0 Å². The van der Waals surface area contributed by atoms with Crippen LogP contribution in [0.5, 0.6) is 0 Å². The molecule has 0 saturated carbocycles. The highest BCUT2D eigenvalue weighted by Gasteiger charge is 2.34. The summed E-state index contributed by atoms with van der Waals surface area (Å²) in [6.45, 7) is 1.74. The normalized spacial score (nSPS) is 16.4. The van der Waals surface area contributed by atoms with E-state index in [9.17, 15) is 12.8 Å². The number of nitrogens with zero attached hydrogens (tertiary/aromatic N) is 2. The van der Waals surface area contributed by atoms with E-state index in [1.807, 2.05) is 7.05 Å². The average molecular weight is 420 g/mol. The van der Waals surface area contributed by atoms with E-state index in [1.165, 1.54) is 18.3 Å². The van der Waals surface area contributed by atoms with Crippen LogP contribution in [0.4, 0.5) is 4.39 Å². The van der Waals surface area contributed by atoms with Crippen molar-refractivity contribution in [1.82, 2.24) is 14.3 Å². The first-order chi connectivity index (χ1) is 13.3. The summed E-state index contributed by atoms with van der Waals surface area (Å²) in [4.78, 5) is 3.88. The van der Waals surface area contributed by atoms with E-state index in [-0.39, 0.29) is 21.7 Å². The molecule has 0 saturated heterocycles.